The van der Waals surface area contributed by atoms with Crippen molar-refractivity contribution in [3.05, 3.63) is 0 Å². The van der Waals surface area contributed by atoms with Crippen LogP contribution in [0.25, 0.3) is 0 Å². The summed E-state index contributed by atoms with van der Waals surface area (Å²) >= 11 is 0. The molecule has 108 valence electrons. The van der Waals surface area contributed by atoms with E-state index in [1.54, 1.807) is 0 Å². The second-order valence-electron chi connectivity index (χ2n) is 6.26. The van der Waals surface area contributed by atoms with E-state index in [2.05, 4.69) is 5.32 Å². The van der Waals surface area contributed by atoms with Crippen LogP contribution in [-0.4, -0.2) is 23.5 Å². The summed E-state index contributed by atoms with van der Waals surface area (Å²) in [5.41, 5.74) is -0.793. The van der Waals surface area contributed by atoms with Gasteiger partial charge >= 0.3 is 5.97 Å². The third-order valence-electron chi connectivity index (χ3n) is 4.57. The monoisotopic (exact) mass is 267 g/mol. The third-order valence-corrected chi connectivity index (χ3v) is 4.57. The second-order valence-corrected chi connectivity index (χ2v) is 6.26. The normalized spacial score (nSPS) is 21.9. The molecule has 0 radical (unpaired) electrons. The molecule has 2 N–H and O–H groups in total. The van der Waals surface area contributed by atoms with E-state index in [9.17, 15) is 14.7 Å². The molecule has 2 aliphatic rings. The van der Waals surface area contributed by atoms with Gasteiger partial charge in [-0.15, -0.1) is 0 Å². The van der Waals surface area contributed by atoms with Crippen LogP contribution in [0.3, 0.4) is 0 Å². The number of rotatable bonds is 7. The number of hydrogen-bond donors (Lipinski definition) is 2. The van der Waals surface area contributed by atoms with Crippen LogP contribution in [-0.2, 0) is 9.59 Å². The number of carbonyl (C=O) groups excluding carboxylic acids is 1. The lowest BCUT2D eigenvalue weighted by atomic mass is 9.71. The Balaban J connectivity index is 1.72. The molecule has 2 aliphatic carbocycles. The van der Waals surface area contributed by atoms with Gasteiger partial charge in [-0.05, 0) is 31.6 Å². The number of carbonyl (C=O) groups is 2. The molecular formula is C15H25NO3. The first-order chi connectivity index (χ1) is 9.12. The molecule has 19 heavy (non-hydrogen) atoms. The highest BCUT2D eigenvalue weighted by Gasteiger charge is 2.41. The summed E-state index contributed by atoms with van der Waals surface area (Å²) in [4.78, 5) is 23.4. The molecule has 0 atom stereocenters. The van der Waals surface area contributed by atoms with Crippen LogP contribution < -0.4 is 5.32 Å². The highest BCUT2D eigenvalue weighted by Crippen LogP contribution is 2.39. The number of carboxylic acid groups (broad SMARTS) is 1. The molecule has 0 aliphatic heterocycles. The van der Waals surface area contributed by atoms with Crippen molar-refractivity contribution < 1.29 is 14.7 Å². The first kappa shape index (κ1) is 14.4. The van der Waals surface area contributed by atoms with Crippen molar-refractivity contribution in [1.29, 1.82) is 0 Å². The fourth-order valence-corrected chi connectivity index (χ4v) is 3.09. The van der Waals surface area contributed by atoms with Crippen molar-refractivity contribution in [3.63, 3.8) is 0 Å². The van der Waals surface area contributed by atoms with Gasteiger partial charge in [-0.25, -0.2) is 0 Å². The number of nitrogens with one attached hydrogen (secondary N) is 1. The zero-order valence-corrected chi connectivity index (χ0v) is 11.6. The molecule has 0 unspecified atom stereocenters. The van der Waals surface area contributed by atoms with E-state index in [0.29, 0.717) is 19.4 Å². The average molecular weight is 267 g/mol. The lowest BCUT2D eigenvalue weighted by Crippen LogP contribution is -2.39. The highest BCUT2D eigenvalue weighted by atomic mass is 16.4. The minimum atomic E-state index is -0.793. The van der Waals surface area contributed by atoms with Gasteiger partial charge in [0.2, 0.25) is 5.91 Å². The summed E-state index contributed by atoms with van der Waals surface area (Å²) in [7, 11) is 0. The maximum atomic E-state index is 11.9. The Hall–Kier alpha value is -1.06. The van der Waals surface area contributed by atoms with E-state index >= 15 is 0 Å². The van der Waals surface area contributed by atoms with Crippen molar-refractivity contribution in [2.75, 3.05) is 6.54 Å². The van der Waals surface area contributed by atoms with Crippen LogP contribution in [0.4, 0.5) is 0 Å². The maximum Gasteiger partial charge on any atom is 0.310 e. The summed E-state index contributed by atoms with van der Waals surface area (Å²) in [5, 5.41) is 12.3. The Morgan fingerprint density at radius 3 is 2.42 bits per heavy atom. The zero-order valence-electron chi connectivity index (χ0n) is 11.6. The van der Waals surface area contributed by atoms with Crippen LogP contribution in [0.1, 0.15) is 64.2 Å². The van der Waals surface area contributed by atoms with Crippen LogP contribution in [0, 0.1) is 11.3 Å². The van der Waals surface area contributed by atoms with Crippen molar-refractivity contribution >= 4 is 11.9 Å². The zero-order chi connectivity index (χ0) is 13.7. The lowest BCUT2D eigenvalue weighted by molar-refractivity contribution is -0.154. The Bertz CT molecular complexity index is 330. The highest BCUT2D eigenvalue weighted by molar-refractivity contribution is 5.85. The van der Waals surface area contributed by atoms with Crippen LogP contribution in [0.2, 0.25) is 0 Å². The Morgan fingerprint density at radius 2 is 1.84 bits per heavy atom. The standard InChI is InChI=1S/C15H25NO3/c17-13(16-10-4-5-12-6-7-12)11-15(14(18)19)8-2-1-3-9-15/h12H,1-11H2,(H,16,17)(H,18,19). The third kappa shape index (κ3) is 4.22. The minimum absolute atomic E-state index is 0.0832. The molecule has 0 spiro atoms. The molecule has 0 bridgehead atoms. The van der Waals surface area contributed by atoms with Gasteiger partial charge in [0.15, 0.2) is 0 Å². The minimum Gasteiger partial charge on any atom is -0.481 e. The molecule has 1 amide bonds. The van der Waals surface area contributed by atoms with E-state index in [4.69, 9.17) is 0 Å². The number of amides is 1. The van der Waals surface area contributed by atoms with Crippen LogP contribution in [0.15, 0.2) is 0 Å². The van der Waals surface area contributed by atoms with E-state index in [1.165, 1.54) is 19.3 Å². The summed E-state index contributed by atoms with van der Waals surface area (Å²) in [5.74, 6) is 0.0148. The fourth-order valence-electron chi connectivity index (χ4n) is 3.09. The molecule has 2 saturated carbocycles. The van der Waals surface area contributed by atoms with Crippen LogP contribution in [0.5, 0.6) is 0 Å². The molecule has 2 fully saturated rings. The molecule has 0 aromatic heterocycles. The predicted molar refractivity (Wildman–Crippen MR) is 72.7 cm³/mol. The van der Waals surface area contributed by atoms with Gasteiger partial charge in [0, 0.05) is 13.0 Å². The van der Waals surface area contributed by atoms with E-state index < -0.39 is 11.4 Å². The largest absolute Gasteiger partial charge is 0.481 e. The summed E-state index contributed by atoms with van der Waals surface area (Å²) in [6.07, 6.45) is 9.33. The first-order valence-electron chi connectivity index (χ1n) is 7.62. The molecular weight excluding hydrogens is 242 g/mol. The molecule has 2 rings (SSSR count). The van der Waals surface area contributed by atoms with Crippen molar-refractivity contribution in [2.24, 2.45) is 11.3 Å². The van der Waals surface area contributed by atoms with E-state index in [-0.39, 0.29) is 12.3 Å². The average Bonchev–Trinajstić information content (AvgIpc) is 3.20. The molecule has 4 heteroatoms. The Labute approximate surface area is 115 Å². The van der Waals surface area contributed by atoms with Gasteiger partial charge in [-0.3, -0.25) is 9.59 Å². The summed E-state index contributed by atoms with van der Waals surface area (Å²) < 4.78 is 0. The Morgan fingerprint density at radius 1 is 1.16 bits per heavy atom. The molecule has 4 nitrogen and oxygen atoms in total. The van der Waals surface area contributed by atoms with Crippen molar-refractivity contribution in [2.45, 2.75) is 64.2 Å². The van der Waals surface area contributed by atoms with Gasteiger partial charge < -0.3 is 10.4 Å². The van der Waals surface area contributed by atoms with Crippen molar-refractivity contribution in [1.82, 2.24) is 5.32 Å². The lowest BCUT2D eigenvalue weighted by Gasteiger charge is -2.32. The quantitative estimate of drug-likeness (QED) is 0.697. The van der Waals surface area contributed by atoms with Gasteiger partial charge in [-0.1, -0.05) is 32.1 Å². The number of carboxylic acids is 1. The van der Waals surface area contributed by atoms with Crippen molar-refractivity contribution in [3.8, 4) is 0 Å². The SMILES string of the molecule is O=C(CC1(C(=O)O)CCCCC1)NCCCC1CC1. The predicted octanol–water partition coefficient (Wildman–Crippen LogP) is 2.72. The molecule has 0 saturated heterocycles. The summed E-state index contributed by atoms with van der Waals surface area (Å²) in [6.45, 7) is 0.699. The fraction of sp³-hybridized carbons (Fsp3) is 0.867. The van der Waals surface area contributed by atoms with Gasteiger partial charge in [0.25, 0.3) is 0 Å². The second kappa shape index (κ2) is 6.40. The number of aliphatic carboxylic acids is 1. The van der Waals surface area contributed by atoms with Gasteiger partial charge in [0.1, 0.15) is 0 Å². The smallest absolute Gasteiger partial charge is 0.310 e. The van der Waals surface area contributed by atoms with Gasteiger partial charge in [0.05, 0.1) is 5.41 Å². The maximum absolute atomic E-state index is 11.9. The van der Waals surface area contributed by atoms with Crippen LogP contribution >= 0.6 is 0 Å². The van der Waals surface area contributed by atoms with Gasteiger partial charge in [-0.2, -0.15) is 0 Å². The van der Waals surface area contributed by atoms with E-state index in [1.807, 2.05) is 0 Å². The molecule has 0 aromatic rings. The summed E-state index contributed by atoms with van der Waals surface area (Å²) in [6, 6.07) is 0. The topological polar surface area (TPSA) is 66.4 Å². The van der Waals surface area contributed by atoms with E-state index in [0.717, 1.165) is 31.6 Å². The Kier molecular flexibility index (Phi) is 4.83. The molecule has 0 aromatic carbocycles. The first-order valence-corrected chi connectivity index (χ1v) is 7.62. The number of hydrogen-bond acceptors (Lipinski definition) is 2. The molecule has 0 heterocycles.